The minimum atomic E-state index is 0.0136. The molecule has 4 heteroatoms. The molecule has 236 valence electrons. The molecular weight excluding hydrogens is 627 g/mol. The van der Waals surface area contributed by atoms with Gasteiger partial charge in [-0.1, -0.05) is 127 Å². The Bertz CT molecular complexity index is 2770. The lowest BCUT2D eigenvalue weighted by atomic mass is 10.0. The second-order valence-electron chi connectivity index (χ2n) is 12.8. The first-order valence-corrected chi connectivity index (χ1v) is 17.8. The zero-order valence-electron chi connectivity index (χ0n) is 27.1. The second kappa shape index (κ2) is 11.7. The number of para-hydroxylation sites is 1. The van der Waals surface area contributed by atoms with Gasteiger partial charge in [0.2, 0.25) is 0 Å². The molecule has 0 aliphatic carbocycles. The van der Waals surface area contributed by atoms with Crippen molar-refractivity contribution in [2.24, 2.45) is 4.99 Å². The Hall–Kier alpha value is -6.23. The fraction of sp³-hybridized carbons (Fsp3) is 0.0217. The smallest absolute Gasteiger partial charge is 0.134 e. The molecule has 9 aromatic rings. The second-order valence-corrected chi connectivity index (χ2v) is 13.9. The Kier molecular flexibility index (Phi) is 6.74. The van der Waals surface area contributed by atoms with Gasteiger partial charge in [-0.2, -0.15) is 0 Å². The first-order chi connectivity index (χ1) is 24.8. The number of aromatic nitrogens is 1. The number of rotatable bonds is 5. The molecule has 0 saturated heterocycles. The van der Waals surface area contributed by atoms with Gasteiger partial charge in [-0.3, -0.25) is 0 Å². The van der Waals surface area contributed by atoms with E-state index >= 15 is 0 Å². The van der Waals surface area contributed by atoms with E-state index < -0.39 is 0 Å². The minimum absolute atomic E-state index is 0.0136. The van der Waals surface area contributed by atoms with Crippen molar-refractivity contribution in [2.45, 2.75) is 6.04 Å². The van der Waals surface area contributed by atoms with E-state index in [1.165, 1.54) is 58.7 Å². The van der Waals surface area contributed by atoms with E-state index in [2.05, 4.69) is 180 Å². The van der Waals surface area contributed by atoms with Crippen LogP contribution in [-0.4, -0.2) is 10.4 Å². The summed E-state index contributed by atoms with van der Waals surface area (Å²) in [5.41, 5.74) is 10.3. The molecule has 1 unspecified atom stereocenters. The highest BCUT2D eigenvalue weighted by Gasteiger charge is 2.20. The summed E-state index contributed by atoms with van der Waals surface area (Å²) in [6, 6.07) is 61.0. The monoisotopic (exact) mass is 657 g/mol. The van der Waals surface area contributed by atoms with E-state index in [-0.39, 0.29) is 6.04 Å². The fourth-order valence-electron chi connectivity index (χ4n) is 7.45. The lowest BCUT2D eigenvalue weighted by Crippen LogP contribution is -2.31. The number of benzene rings is 7. The molecule has 0 bridgehead atoms. The number of amidine groups is 1. The van der Waals surface area contributed by atoms with Crippen LogP contribution in [-0.2, 0) is 0 Å². The highest BCUT2D eigenvalue weighted by molar-refractivity contribution is 7.26. The van der Waals surface area contributed by atoms with Crippen LogP contribution in [0.15, 0.2) is 181 Å². The highest BCUT2D eigenvalue weighted by Crippen LogP contribution is 2.42. The molecule has 0 radical (unpaired) electrons. The van der Waals surface area contributed by atoms with Crippen molar-refractivity contribution >= 4 is 64.8 Å². The minimum Gasteiger partial charge on any atom is -0.359 e. The fourth-order valence-corrected chi connectivity index (χ4v) is 8.69. The normalized spacial score (nSPS) is 14.6. The van der Waals surface area contributed by atoms with Gasteiger partial charge in [0.1, 0.15) is 5.84 Å². The Morgan fingerprint density at radius 2 is 1.20 bits per heavy atom. The first kappa shape index (κ1) is 28.8. The van der Waals surface area contributed by atoms with Gasteiger partial charge >= 0.3 is 0 Å². The quantitative estimate of drug-likeness (QED) is 0.196. The van der Waals surface area contributed by atoms with Gasteiger partial charge in [0.25, 0.3) is 0 Å². The highest BCUT2D eigenvalue weighted by atomic mass is 32.1. The zero-order chi connectivity index (χ0) is 33.0. The summed E-state index contributed by atoms with van der Waals surface area (Å²) >= 11 is 1.88. The van der Waals surface area contributed by atoms with Gasteiger partial charge in [-0.15, -0.1) is 11.3 Å². The van der Waals surface area contributed by atoms with Crippen molar-refractivity contribution in [1.29, 1.82) is 0 Å². The third-order valence-electron chi connectivity index (χ3n) is 9.87. The zero-order valence-corrected chi connectivity index (χ0v) is 27.9. The maximum absolute atomic E-state index is 5.14. The maximum atomic E-state index is 5.14. The summed E-state index contributed by atoms with van der Waals surface area (Å²) in [4.78, 5) is 5.14. The third-order valence-corrected chi connectivity index (χ3v) is 11.1. The lowest BCUT2D eigenvalue weighted by Gasteiger charge is -2.24. The summed E-state index contributed by atoms with van der Waals surface area (Å²) in [6.07, 6.45) is 2.22. The van der Waals surface area contributed by atoms with Crippen molar-refractivity contribution in [2.75, 3.05) is 0 Å². The third kappa shape index (κ3) is 4.76. The van der Waals surface area contributed by atoms with Gasteiger partial charge in [0.05, 0.1) is 22.8 Å². The van der Waals surface area contributed by atoms with Crippen LogP contribution in [0.5, 0.6) is 0 Å². The van der Waals surface area contributed by atoms with Crippen LogP contribution in [0.3, 0.4) is 0 Å². The Morgan fingerprint density at radius 3 is 2.04 bits per heavy atom. The van der Waals surface area contributed by atoms with Gasteiger partial charge < -0.3 is 9.88 Å². The average molecular weight is 658 g/mol. The van der Waals surface area contributed by atoms with Crippen LogP contribution in [0.25, 0.3) is 64.5 Å². The molecule has 0 fully saturated rings. The molecule has 2 aromatic heterocycles. The number of thiophene rings is 1. The van der Waals surface area contributed by atoms with Crippen molar-refractivity contribution < 1.29 is 0 Å². The molecule has 1 aliphatic heterocycles. The molecule has 3 nitrogen and oxygen atoms in total. The summed E-state index contributed by atoms with van der Waals surface area (Å²) in [7, 11) is 0. The molecule has 10 rings (SSSR count). The molecule has 0 amide bonds. The van der Waals surface area contributed by atoms with Gasteiger partial charge in [-0.05, 0) is 70.8 Å². The predicted molar refractivity (Wildman–Crippen MR) is 212 cm³/mol. The molecule has 50 heavy (non-hydrogen) atoms. The molecule has 1 aliphatic rings. The molecule has 0 saturated carbocycles. The number of hydrogen-bond acceptors (Lipinski definition) is 3. The van der Waals surface area contributed by atoms with Crippen molar-refractivity contribution in [3.05, 3.63) is 193 Å². The topological polar surface area (TPSA) is 29.3 Å². The van der Waals surface area contributed by atoms with Crippen LogP contribution < -0.4 is 5.32 Å². The number of nitrogens with zero attached hydrogens (tertiary/aromatic N) is 2. The number of hydrogen-bond donors (Lipinski definition) is 1. The van der Waals surface area contributed by atoms with Crippen molar-refractivity contribution in [3.8, 4) is 16.8 Å². The Balaban J connectivity index is 1.09. The van der Waals surface area contributed by atoms with Gasteiger partial charge in [0, 0.05) is 42.2 Å². The van der Waals surface area contributed by atoms with Crippen molar-refractivity contribution in [3.63, 3.8) is 0 Å². The standard InChI is InChI=1S/C46H31N3S/c1-3-12-30(13-4-1)40-29-41(31-14-5-2-6-15-31)48-46(47-40)32-22-25-34(26-23-32)49-42-20-9-7-16-36(42)37-27-24-33(28-43(37)49)35-18-11-19-39-38-17-8-10-21-44(38)50-45(35)39/h1-29,40H,(H,47,48). The van der Waals surface area contributed by atoms with Crippen LogP contribution >= 0.6 is 11.3 Å². The summed E-state index contributed by atoms with van der Waals surface area (Å²) in [5, 5.41) is 8.86. The predicted octanol–water partition coefficient (Wildman–Crippen LogP) is 12.0. The van der Waals surface area contributed by atoms with Crippen molar-refractivity contribution in [1.82, 2.24) is 9.88 Å². The van der Waals surface area contributed by atoms with E-state index in [1.807, 2.05) is 17.4 Å². The van der Waals surface area contributed by atoms with E-state index in [1.54, 1.807) is 0 Å². The maximum Gasteiger partial charge on any atom is 0.134 e. The Morgan fingerprint density at radius 1 is 0.520 bits per heavy atom. The molecular formula is C46H31N3S. The number of fused-ring (bicyclic) bond motifs is 6. The van der Waals surface area contributed by atoms with Gasteiger partial charge in [-0.25, -0.2) is 4.99 Å². The summed E-state index contributed by atoms with van der Waals surface area (Å²) in [6.45, 7) is 0. The van der Waals surface area contributed by atoms with Crippen LogP contribution in [0, 0.1) is 0 Å². The van der Waals surface area contributed by atoms with E-state index in [0.717, 1.165) is 28.3 Å². The van der Waals surface area contributed by atoms with E-state index in [4.69, 9.17) is 4.99 Å². The summed E-state index contributed by atoms with van der Waals surface area (Å²) < 4.78 is 5.06. The summed E-state index contributed by atoms with van der Waals surface area (Å²) in [5.74, 6) is 0.868. The lowest BCUT2D eigenvalue weighted by molar-refractivity contribution is 0.781. The molecule has 1 N–H and O–H groups in total. The largest absolute Gasteiger partial charge is 0.359 e. The molecule has 0 spiro atoms. The van der Waals surface area contributed by atoms with Crippen LogP contribution in [0.4, 0.5) is 0 Å². The average Bonchev–Trinajstić information content (AvgIpc) is 3.74. The first-order valence-electron chi connectivity index (χ1n) is 17.0. The number of nitrogens with one attached hydrogen (secondary N) is 1. The van der Waals surface area contributed by atoms with Crippen LogP contribution in [0.1, 0.15) is 22.7 Å². The van der Waals surface area contributed by atoms with E-state index in [0.29, 0.717) is 0 Å². The van der Waals surface area contributed by atoms with E-state index in [9.17, 15) is 0 Å². The number of aliphatic imine (C=N–C) groups is 1. The van der Waals surface area contributed by atoms with Crippen LogP contribution in [0.2, 0.25) is 0 Å². The SMILES string of the molecule is C1=C(c2ccccc2)N=C(c2ccc(-n3c4ccccc4c4ccc(-c5cccc6c5sc5ccccc56)cc43)cc2)NC1c1ccccc1. The van der Waals surface area contributed by atoms with Gasteiger partial charge in [0.15, 0.2) is 0 Å². The molecule has 1 atom stereocenters. The molecule has 3 heterocycles. The Labute approximate surface area is 294 Å². The molecule has 7 aromatic carbocycles.